The van der Waals surface area contributed by atoms with Gasteiger partial charge in [-0.05, 0) is 41.5 Å². The smallest absolute Gasteiger partial charge is 0.255 e. The first-order chi connectivity index (χ1) is 13.7. The van der Waals surface area contributed by atoms with Gasteiger partial charge in [-0.25, -0.2) is 0 Å². The second-order valence-electron chi connectivity index (χ2n) is 6.17. The molecule has 0 bridgehead atoms. The third kappa shape index (κ3) is 3.59. The summed E-state index contributed by atoms with van der Waals surface area (Å²) in [7, 11) is 0. The minimum atomic E-state index is -0.241. The zero-order valence-corrected chi connectivity index (χ0v) is 14.8. The van der Waals surface area contributed by atoms with Crippen LogP contribution in [0.2, 0.25) is 0 Å². The molecule has 2 aromatic heterocycles. The number of nitrogen functional groups attached to an aromatic ring is 1. The molecule has 0 aliphatic rings. The number of aromatic nitrogens is 3. The minimum Gasteiger partial charge on any atom is -0.397 e. The van der Waals surface area contributed by atoms with Gasteiger partial charge in [-0.1, -0.05) is 35.5 Å². The van der Waals surface area contributed by atoms with E-state index in [4.69, 9.17) is 10.3 Å². The number of nitrogens with one attached hydrogen (secondary N) is 1. The fourth-order valence-electron chi connectivity index (χ4n) is 2.98. The highest BCUT2D eigenvalue weighted by molar-refractivity contribution is 6.05. The van der Waals surface area contributed by atoms with Gasteiger partial charge in [0.15, 0.2) is 5.82 Å². The van der Waals surface area contributed by atoms with Crippen LogP contribution in [0.5, 0.6) is 0 Å². The maximum absolute atomic E-state index is 12.5. The highest BCUT2D eigenvalue weighted by atomic mass is 16.5. The van der Waals surface area contributed by atoms with Crippen LogP contribution in [-0.4, -0.2) is 21.0 Å². The van der Waals surface area contributed by atoms with Gasteiger partial charge in [0.25, 0.3) is 5.91 Å². The number of nitrogens with two attached hydrogens (primary N) is 1. The summed E-state index contributed by atoms with van der Waals surface area (Å²) in [5, 5.41) is 6.81. The van der Waals surface area contributed by atoms with Crippen LogP contribution >= 0.6 is 0 Å². The van der Waals surface area contributed by atoms with Crippen molar-refractivity contribution < 1.29 is 9.32 Å². The molecule has 0 saturated carbocycles. The number of amides is 1. The van der Waals surface area contributed by atoms with Crippen LogP contribution in [0.4, 0.5) is 11.4 Å². The Morgan fingerprint density at radius 3 is 2.50 bits per heavy atom. The third-order valence-corrected chi connectivity index (χ3v) is 4.37. The van der Waals surface area contributed by atoms with Gasteiger partial charge in [-0.3, -0.25) is 9.78 Å². The van der Waals surface area contributed by atoms with E-state index in [0.29, 0.717) is 22.8 Å². The molecule has 7 heteroatoms. The maximum Gasteiger partial charge on any atom is 0.255 e. The van der Waals surface area contributed by atoms with Gasteiger partial charge in [0.1, 0.15) is 0 Å². The van der Waals surface area contributed by atoms with Gasteiger partial charge in [-0.15, -0.1) is 0 Å². The second-order valence-corrected chi connectivity index (χ2v) is 6.17. The lowest BCUT2D eigenvalue weighted by Gasteiger charge is -2.14. The molecule has 1 atom stereocenters. The first-order valence-corrected chi connectivity index (χ1v) is 8.64. The summed E-state index contributed by atoms with van der Waals surface area (Å²) in [5.41, 5.74) is 9.35. The summed E-state index contributed by atoms with van der Waals surface area (Å²) in [6.07, 6.45) is 4.77. The van der Waals surface area contributed by atoms with Crippen LogP contribution < -0.4 is 11.1 Å². The van der Waals surface area contributed by atoms with E-state index >= 15 is 0 Å². The number of anilines is 2. The van der Waals surface area contributed by atoms with E-state index in [1.165, 1.54) is 6.39 Å². The Morgan fingerprint density at radius 1 is 1.00 bits per heavy atom. The standard InChI is InChI=1S/C21H17N5O2/c22-17-5-1-2-6-18(17)25-21(27)15-9-7-14(8-10-15)19(20-24-13-28-26-20)16-4-3-11-23-12-16/h1-13,19H,22H2,(H,25,27). The molecule has 4 rings (SSSR count). The molecular weight excluding hydrogens is 354 g/mol. The van der Waals surface area contributed by atoms with Gasteiger partial charge < -0.3 is 15.6 Å². The van der Waals surface area contributed by atoms with Crippen molar-refractivity contribution >= 4 is 17.3 Å². The van der Waals surface area contributed by atoms with Crippen LogP contribution in [0.15, 0.2) is 84.0 Å². The van der Waals surface area contributed by atoms with Crippen LogP contribution in [0.1, 0.15) is 33.2 Å². The van der Waals surface area contributed by atoms with Gasteiger partial charge in [0.05, 0.1) is 17.3 Å². The second kappa shape index (κ2) is 7.71. The molecule has 0 fully saturated rings. The number of benzene rings is 2. The lowest BCUT2D eigenvalue weighted by atomic mass is 9.91. The maximum atomic E-state index is 12.5. The molecule has 0 spiro atoms. The molecule has 2 heterocycles. The van der Waals surface area contributed by atoms with E-state index in [2.05, 4.69) is 20.4 Å². The number of carbonyl (C=O) groups is 1. The van der Waals surface area contributed by atoms with E-state index in [1.807, 2.05) is 36.4 Å². The lowest BCUT2D eigenvalue weighted by Crippen LogP contribution is -2.13. The van der Waals surface area contributed by atoms with Gasteiger partial charge in [0.2, 0.25) is 6.39 Å². The van der Waals surface area contributed by atoms with Crippen molar-refractivity contribution in [1.82, 2.24) is 15.1 Å². The fraction of sp³-hybridized carbons (Fsp3) is 0.0476. The van der Waals surface area contributed by atoms with Crippen LogP contribution in [0, 0.1) is 0 Å². The summed E-state index contributed by atoms with van der Waals surface area (Å²) in [5.74, 6) is 0.0542. The monoisotopic (exact) mass is 371 g/mol. The summed E-state index contributed by atoms with van der Waals surface area (Å²) in [6.45, 7) is 0. The Kier molecular flexibility index (Phi) is 4.79. The molecule has 0 aliphatic carbocycles. The molecule has 3 N–H and O–H groups in total. The van der Waals surface area contributed by atoms with Gasteiger partial charge >= 0.3 is 0 Å². The molecular formula is C21H17N5O2. The van der Waals surface area contributed by atoms with Crippen molar-refractivity contribution in [2.45, 2.75) is 5.92 Å². The van der Waals surface area contributed by atoms with Crippen LogP contribution in [0.3, 0.4) is 0 Å². The van der Waals surface area contributed by atoms with Crippen molar-refractivity contribution in [3.8, 4) is 0 Å². The molecule has 28 heavy (non-hydrogen) atoms. The number of rotatable bonds is 5. The average Bonchev–Trinajstić information content (AvgIpc) is 3.25. The first-order valence-electron chi connectivity index (χ1n) is 8.64. The molecule has 0 saturated heterocycles. The summed E-state index contributed by atoms with van der Waals surface area (Å²) < 4.78 is 4.92. The minimum absolute atomic E-state index is 0.234. The number of pyridine rings is 1. The number of hydrogen-bond acceptors (Lipinski definition) is 6. The highest BCUT2D eigenvalue weighted by Crippen LogP contribution is 2.29. The number of carbonyl (C=O) groups excluding carboxylic acids is 1. The molecule has 1 unspecified atom stereocenters. The Balaban J connectivity index is 1.61. The Hall–Kier alpha value is -4.00. The van der Waals surface area contributed by atoms with Crippen molar-refractivity contribution in [2.24, 2.45) is 0 Å². The average molecular weight is 371 g/mol. The van der Waals surface area contributed by atoms with Gasteiger partial charge in [-0.2, -0.15) is 4.98 Å². The predicted molar refractivity (Wildman–Crippen MR) is 105 cm³/mol. The zero-order valence-electron chi connectivity index (χ0n) is 14.8. The number of nitrogens with zero attached hydrogens (tertiary/aromatic N) is 3. The predicted octanol–water partition coefficient (Wildman–Crippen LogP) is 3.48. The summed E-state index contributed by atoms with van der Waals surface area (Å²) in [4.78, 5) is 20.9. The topological polar surface area (TPSA) is 107 Å². The SMILES string of the molecule is Nc1ccccc1NC(=O)c1ccc(C(c2cccnc2)c2ncon2)cc1. The molecule has 4 aromatic rings. The largest absolute Gasteiger partial charge is 0.397 e. The molecule has 0 radical (unpaired) electrons. The summed E-state index contributed by atoms with van der Waals surface area (Å²) in [6, 6.07) is 18.2. The van der Waals surface area contributed by atoms with Crippen LogP contribution in [-0.2, 0) is 0 Å². The van der Waals surface area contributed by atoms with Crippen molar-refractivity contribution in [3.05, 3.63) is 102 Å². The Bertz CT molecular complexity index is 1060. The summed E-state index contributed by atoms with van der Waals surface area (Å²) >= 11 is 0. The number of para-hydroxylation sites is 2. The Morgan fingerprint density at radius 2 is 1.82 bits per heavy atom. The molecule has 0 aliphatic heterocycles. The molecule has 2 aromatic carbocycles. The highest BCUT2D eigenvalue weighted by Gasteiger charge is 2.21. The molecule has 1 amide bonds. The molecule has 138 valence electrons. The van der Waals surface area contributed by atoms with E-state index in [9.17, 15) is 4.79 Å². The van der Waals surface area contributed by atoms with E-state index < -0.39 is 0 Å². The first kappa shape index (κ1) is 17.4. The quantitative estimate of drug-likeness (QED) is 0.520. The van der Waals surface area contributed by atoms with E-state index in [-0.39, 0.29) is 11.8 Å². The number of hydrogen-bond donors (Lipinski definition) is 2. The Labute approximate surface area is 161 Å². The molecule has 7 nitrogen and oxygen atoms in total. The van der Waals surface area contributed by atoms with E-state index in [1.54, 1.807) is 36.7 Å². The van der Waals surface area contributed by atoms with Gasteiger partial charge in [0, 0.05) is 18.0 Å². The zero-order chi connectivity index (χ0) is 19.3. The lowest BCUT2D eigenvalue weighted by molar-refractivity contribution is 0.102. The normalized spacial score (nSPS) is 11.7. The fourth-order valence-corrected chi connectivity index (χ4v) is 2.98. The van der Waals surface area contributed by atoms with Crippen molar-refractivity contribution in [3.63, 3.8) is 0 Å². The van der Waals surface area contributed by atoms with Crippen molar-refractivity contribution in [1.29, 1.82) is 0 Å². The van der Waals surface area contributed by atoms with Crippen LogP contribution in [0.25, 0.3) is 0 Å². The van der Waals surface area contributed by atoms with E-state index in [0.717, 1.165) is 11.1 Å². The van der Waals surface area contributed by atoms with Crippen molar-refractivity contribution in [2.75, 3.05) is 11.1 Å². The third-order valence-electron chi connectivity index (χ3n) is 4.37.